The van der Waals surface area contributed by atoms with Crippen molar-refractivity contribution in [3.05, 3.63) is 17.0 Å². The first-order valence-corrected chi connectivity index (χ1v) is 9.13. The Hall–Kier alpha value is -1.89. The molecule has 3 rings (SSSR count). The van der Waals surface area contributed by atoms with Crippen LogP contribution in [0.4, 0.5) is 0 Å². The molecule has 2 aliphatic rings. The number of hydrogen-bond donors (Lipinski definition) is 1. The van der Waals surface area contributed by atoms with E-state index >= 15 is 0 Å². The predicted molar refractivity (Wildman–Crippen MR) is 91.5 cm³/mol. The molecule has 0 spiro atoms. The van der Waals surface area contributed by atoms with Gasteiger partial charge < -0.3 is 14.7 Å². The number of ether oxygens (including phenoxy) is 1. The van der Waals surface area contributed by atoms with Gasteiger partial charge in [-0.1, -0.05) is 0 Å². The number of nitrogens with zero attached hydrogens (tertiary/aromatic N) is 3. The second-order valence-corrected chi connectivity index (χ2v) is 7.07. The quantitative estimate of drug-likeness (QED) is 0.899. The van der Waals surface area contributed by atoms with Crippen molar-refractivity contribution in [3.63, 3.8) is 0 Å². The van der Waals surface area contributed by atoms with Gasteiger partial charge >= 0.3 is 5.97 Å². The molecule has 0 aliphatic carbocycles. The Morgan fingerprint density at radius 3 is 2.40 bits per heavy atom. The summed E-state index contributed by atoms with van der Waals surface area (Å²) in [5.41, 5.74) is 2.44. The van der Waals surface area contributed by atoms with Gasteiger partial charge in [-0.2, -0.15) is 5.10 Å². The van der Waals surface area contributed by atoms with Crippen molar-refractivity contribution in [1.29, 1.82) is 0 Å². The van der Waals surface area contributed by atoms with Crippen molar-refractivity contribution in [1.82, 2.24) is 14.7 Å². The third-order valence-electron chi connectivity index (χ3n) is 5.58. The predicted octanol–water partition coefficient (Wildman–Crippen LogP) is 2.00. The average Bonchev–Trinajstić information content (AvgIpc) is 3.19. The van der Waals surface area contributed by atoms with Gasteiger partial charge in [-0.15, -0.1) is 0 Å². The van der Waals surface area contributed by atoms with Crippen LogP contribution >= 0.6 is 0 Å². The van der Waals surface area contributed by atoms with Gasteiger partial charge in [-0.3, -0.25) is 9.48 Å². The van der Waals surface area contributed by atoms with Crippen molar-refractivity contribution in [2.24, 2.45) is 5.92 Å². The highest BCUT2D eigenvalue weighted by Gasteiger charge is 2.37. The van der Waals surface area contributed by atoms with Crippen molar-refractivity contribution in [2.45, 2.75) is 65.2 Å². The van der Waals surface area contributed by atoms with E-state index in [1.807, 2.05) is 30.4 Å². The van der Waals surface area contributed by atoms with Gasteiger partial charge in [0.2, 0.25) is 0 Å². The maximum atomic E-state index is 12.9. The normalized spacial score (nSPS) is 24.7. The summed E-state index contributed by atoms with van der Waals surface area (Å²) in [5, 5.41) is 13.5. The van der Waals surface area contributed by atoms with E-state index in [2.05, 4.69) is 5.10 Å². The minimum atomic E-state index is -0.867. The lowest BCUT2D eigenvalue weighted by atomic mass is 9.89. The highest BCUT2D eigenvalue weighted by molar-refractivity contribution is 5.96. The van der Waals surface area contributed by atoms with Crippen LogP contribution in [-0.2, 0) is 16.1 Å². The molecular weight excluding hydrogens is 322 g/mol. The molecule has 0 radical (unpaired) electrons. The molecule has 7 nitrogen and oxygen atoms in total. The highest BCUT2D eigenvalue weighted by atomic mass is 16.5. The molecule has 2 saturated heterocycles. The fourth-order valence-electron chi connectivity index (χ4n) is 4.14. The summed E-state index contributed by atoms with van der Waals surface area (Å²) in [6, 6.07) is 0. The van der Waals surface area contributed by atoms with Gasteiger partial charge in [0.15, 0.2) is 6.10 Å². The zero-order chi connectivity index (χ0) is 18.1. The third-order valence-corrected chi connectivity index (χ3v) is 5.58. The van der Waals surface area contributed by atoms with Crippen molar-refractivity contribution in [2.75, 3.05) is 13.1 Å². The van der Waals surface area contributed by atoms with E-state index < -0.39 is 12.1 Å². The SMILES string of the molecule is CCn1nc(C)c(C(=O)N2CCC([C@@H]3CC[C@H](C(=O)O)O3)CC2)c1C. The number of carboxylic acid groups (broad SMARTS) is 1. The summed E-state index contributed by atoms with van der Waals surface area (Å²) in [5.74, 6) is -0.466. The lowest BCUT2D eigenvalue weighted by Crippen LogP contribution is -2.41. The first-order valence-electron chi connectivity index (χ1n) is 9.13. The van der Waals surface area contributed by atoms with Crippen molar-refractivity contribution in [3.8, 4) is 0 Å². The largest absolute Gasteiger partial charge is 0.479 e. The fraction of sp³-hybridized carbons (Fsp3) is 0.722. The number of aromatic nitrogens is 2. The van der Waals surface area contributed by atoms with Crippen LogP contribution in [0.25, 0.3) is 0 Å². The molecule has 7 heteroatoms. The smallest absolute Gasteiger partial charge is 0.332 e. The zero-order valence-electron chi connectivity index (χ0n) is 15.2. The minimum Gasteiger partial charge on any atom is -0.479 e. The Kier molecular flexibility index (Phi) is 5.13. The zero-order valence-corrected chi connectivity index (χ0v) is 15.2. The van der Waals surface area contributed by atoms with Crippen LogP contribution < -0.4 is 0 Å². The Morgan fingerprint density at radius 2 is 1.88 bits per heavy atom. The van der Waals surface area contributed by atoms with Crippen LogP contribution in [0.5, 0.6) is 0 Å². The number of aliphatic carboxylic acids is 1. The van der Waals surface area contributed by atoms with Gasteiger partial charge in [-0.05, 0) is 52.4 Å². The first-order chi connectivity index (χ1) is 11.9. The number of rotatable bonds is 4. The van der Waals surface area contributed by atoms with E-state index in [1.54, 1.807) is 0 Å². The lowest BCUT2D eigenvalue weighted by molar-refractivity contribution is -0.150. The highest BCUT2D eigenvalue weighted by Crippen LogP contribution is 2.32. The summed E-state index contributed by atoms with van der Waals surface area (Å²) in [6.07, 6.45) is 2.48. The van der Waals surface area contributed by atoms with E-state index in [-0.39, 0.29) is 12.0 Å². The number of aryl methyl sites for hydroxylation is 2. The summed E-state index contributed by atoms with van der Waals surface area (Å²) < 4.78 is 7.55. The maximum absolute atomic E-state index is 12.9. The van der Waals surface area contributed by atoms with E-state index in [9.17, 15) is 9.59 Å². The lowest BCUT2D eigenvalue weighted by Gasteiger charge is -2.34. The fourth-order valence-corrected chi connectivity index (χ4v) is 4.14. The van der Waals surface area contributed by atoms with Crippen molar-refractivity contribution < 1.29 is 19.4 Å². The molecule has 2 fully saturated rings. The molecule has 2 atom stereocenters. The summed E-state index contributed by atoms with van der Waals surface area (Å²) in [4.78, 5) is 25.8. The van der Waals surface area contributed by atoms with Crippen LogP contribution in [0.1, 0.15) is 54.4 Å². The second kappa shape index (κ2) is 7.15. The molecule has 138 valence electrons. The summed E-state index contributed by atoms with van der Waals surface area (Å²) in [7, 11) is 0. The Morgan fingerprint density at radius 1 is 1.20 bits per heavy atom. The van der Waals surface area contributed by atoms with Gasteiger partial charge in [0.25, 0.3) is 5.91 Å². The molecule has 1 aromatic heterocycles. The monoisotopic (exact) mass is 349 g/mol. The number of carbonyl (C=O) groups is 2. The summed E-state index contributed by atoms with van der Waals surface area (Å²) in [6.45, 7) is 7.99. The van der Waals surface area contributed by atoms with E-state index in [4.69, 9.17) is 9.84 Å². The molecule has 25 heavy (non-hydrogen) atoms. The van der Waals surface area contributed by atoms with Gasteiger partial charge in [-0.25, -0.2) is 4.79 Å². The number of piperidine rings is 1. The summed E-state index contributed by atoms with van der Waals surface area (Å²) >= 11 is 0. The number of amides is 1. The van der Waals surface area contributed by atoms with E-state index in [0.29, 0.717) is 25.4 Å². The van der Waals surface area contributed by atoms with Crippen LogP contribution in [0.2, 0.25) is 0 Å². The molecule has 1 amide bonds. The number of likely N-dealkylation sites (tertiary alicyclic amines) is 1. The minimum absolute atomic E-state index is 0.0182. The molecule has 0 saturated carbocycles. The first kappa shape index (κ1) is 17.9. The Balaban J connectivity index is 1.60. The third kappa shape index (κ3) is 3.42. The van der Waals surface area contributed by atoms with Crippen LogP contribution in [0, 0.1) is 19.8 Å². The Bertz CT molecular complexity index is 662. The van der Waals surface area contributed by atoms with Crippen molar-refractivity contribution >= 4 is 11.9 Å². The second-order valence-electron chi connectivity index (χ2n) is 7.07. The van der Waals surface area contributed by atoms with Gasteiger partial charge in [0, 0.05) is 25.3 Å². The Labute approximate surface area is 147 Å². The van der Waals surface area contributed by atoms with Gasteiger partial charge in [0.05, 0.1) is 17.4 Å². The topological polar surface area (TPSA) is 84.7 Å². The standard InChI is InChI=1S/C18H27N3O4/c1-4-21-12(3)16(11(2)19-21)17(22)20-9-7-13(8-10-20)14-5-6-15(25-14)18(23)24/h13-15H,4-10H2,1-3H3,(H,23,24)/t14-,15+/m0/s1. The molecule has 1 N–H and O–H groups in total. The number of carboxylic acids is 1. The van der Waals surface area contributed by atoms with Crippen LogP contribution in [-0.4, -0.2) is 57.0 Å². The van der Waals surface area contributed by atoms with E-state index in [1.165, 1.54) is 0 Å². The molecule has 3 heterocycles. The van der Waals surface area contributed by atoms with Gasteiger partial charge in [0.1, 0.15) is 0 Å². The van der Waals surface area contributed by atoms with E-state index in [0.717, 1.165) is 42.8 Å². The van der Waals surface area contributed by atoms with Crippen LogP contribution in [0.3, 0.4) is 0 Å². The number of hydrogen-bond acceptors (Lipinski definition) is 4. The molecular formula is C18H27N3O4. The molecule has 1 aromatic rings. The molecule has 0 aromatic carbocycles. The molecule has 0 unspecified atom stereocenters. The molecule has 0 bridgehead atoms. The maximum Gasteiger partial charge on any atom is 0.332 e. The molecule has 2 aliphatic heterocycles. The van der Waals surface area contributed by atoms with Crippen LogP contribution in [0.15, 0.2) is 0 Å². The average molecular weight is 349 g/mol. The number of carbonyl (C=O) groups excluding carboxylic acids is 1.